The fraction of sp³-hybridized carbons (Fsp3) is 1.00. The van der Waals surface area contributed by atoms with Crippen molar-refractivity contribution in [2.75, 3.05) is 0 Å². The molecule has 4 heteroatoms. The molecule has 0 saturated heterocycles. The third kappa shape index (κ3) is 2.72. The summed E-state index contributed by atoms with van der Waals surface area (Å²) in [6.45, 7) is 0. The molecule has 0 radical (unpaired) electrons. The second-order valence-electron chi connectivity index (χ2n) is 1.99. The molecule has 1 saturated carbocycles. The molecule has 4 N–H and O–H groups in total. The molecule has 0 aromatic rings. The van der Waals surface area contributed by atoms with E-state index in [0.29, 0.717) is 12.1 Å². The van der Waals surface area contributed by atoms with E-state index in [1.54, 1.807) is 0 Å². The van der Waals surface area contributed by atoms with Gasteiger partial charge in [-0.25, -0.2) is 0 Å². The van der Waals surface area contributed by atoms with Crippen molar-refractivity contribution in [3.05, 3.63) is 0 Å². The quantitative estimate of drug-likeness (QED) is 0.533. The molecule has 1 fully saturated rings. The molecule has 0 atom stereocenters. The highest BCUT2D eigenvalue weighted by atomic mass is 35.5. The normalized spacial score (nSPS) is 33.8. The number of hydrogen-bond donors (Lipinski definition) is 2. The van der Waals surface area contributed by atoms with Gasteiger partial charge in [-0.1, -0.05) is 0 Å². The van der Waals surface area contributed by atoms with Gasteiger partial charge in [0, 0.05) is 12.1 Å². The van der Waals surface area contributed by atoms with Crippen LogP contribution < -0.4 is 11.5 Å². The highest BCUT2D eigenvalue weighted by Gasteiger charge is 2.20. The first kappa shape index (κ1) is 11.3. The summed E-state index contributed by atoms with van der Waals surface area (Å²) in [5.74, 6) is 0. The summed E-state index contributed by atoms with van der Waals surface area (Å²) in [7, 11) is 0. The molecule has 0 aromatic carbocycles. The van der Waals surface area contributed by atoms with E-state index < -0.39 is 0 Å². The van der Waals surface area contributed by atoms with Gasteiger partial charge in [-0.2, -0.15) is 0 Å². The van der Waals surface area contributed by atoms with Crippen LogP contribution in [0.5, 0.6) is 0 Å². The van der Waals surface area contributed by atoms with E-state index in [9.17, 15) is 0 Å². The molecule has 1 aliphatic rings. The van der Waals surface area contributed by atoms with E-state index in [4.69, 9.17) is 11.5 Å². The molecule has 1 aliphatic carbocycles. The molecule has 0 aliphatic heterocycles. The second kappa shape index (κ2) is 4.39. The van der Waals surface area contributed by atoms with Crippen LogP contribution in [-0.2, 0) is 0 Å². The molecule has 8 heavy (non-hydrogen) atoms. The summed E-state index contributed by atoms with van der Waals surface area (Å²) in [6.07, 6.45) is 2.06. The van der Waals surface area contributed by atoms with E-state index in [-0.39, 0.29) is 24.8 Å². The van der Waals surface area contributed by atoms with Crippen molar-refractivity contribution in [1.29, 1.82) is 0 Å². The molecular formula is C4H12Cl2N2. The van der Waals surface area contributed by atoms with Crippen LogP contribution in [0, 0.1) is 0 Å². The predicted octanol–water partition coefficient (Wildman–Crippen LogP) is 0.278. The Balaban J connectivity index is 0. The Morgan fingerprint density at radius 3 is 1.12 bits per heavy atom. The number of nitrogens with two attached hydrogens (primary N) is 2. The molecule has 0 amide bonds. The number of rotatable bonds is 0. The maximum absolute atomic E-state index is 5.39. The van der Waals surface area contributed by atoms with E-state index in [0.717, 1.165) is 12.8 Å². The van der Waals surface area contributed by atoms with Crippen molar-refractivity contribution in [3.8, 4) is 0 Å². The van der Waals surface area contributed by atoms with Crippen molar-refractivity contribution < 1.29 is 0 Å². The Kier molecular flexibility index (Phi) is 6.20. The molecular weight excluding hydrogens is 147 g/mol. The Morgan fingerprint density at radius 2 is 1.12 bits per heavy atom. The van der Waals surface area contributed by atoms with Crippen LogP contribution in [0.4, 0.5) is 0 Å². The standard InChI is InChI=1S/C4H10N2.2ClH/c5-3-1-4(6)2-3;;/h3-4H,1-2,5-6H2;2*1H. The van der Waals surface area contributed by atoms with E-state index in [2.05, 4.69) is 0 Å². The highest BCUT2D eigenvalue weighted by Crippen LogP contribution is 2.13. The molecule has 0 spiro atoms. The van der Waals surface area contributed by atoms with Crippen molar-refractivity contribution in [2.24, 2.45) is 11.5 Å². The minimum Gasteiger partial charge on any atom is -0.328 e. The molecule has 0 heterocycles. The smallest absolute Gasteiger partial charge is 0.00683 e. The van der Waals surface area contributed by atoms with Gasteiger partial charge in [0.2, 0.25) is 0 Å². The lowest BCUT2D eigenvalue weighted by atomic mass is 9.89. The summed E-state index contributed by atoms with van der Waals surface area (Å²) < 4.78 is 0. The third-order valence-electron chi connectivity index (χ3n) is 1.21. The first-order chi connectivity index (χ1) is 2.79. The molecule has 0 bridgehead atoms. The fourth-order valence-corrected chi connectivity index (χ4v) is 0.709. The lowest BCUT2D eigenvalue weighted by molar-refractivity contribution is 0.351. The molecule has 0 aromatic heterocycles. The van der Waals surface area contributed by atoms with Gasteiger partial charge in [0.1, 0.15) is 0 Å². The molecule has 0 unspecified atom stereocenters. The zero-order valence-electron chi connectivity index (χ0n) is 4.54. The Morgan fingerprint density at radius 1 is 0.875 bits per heavy atom. The van der Waals surface area contributed by atoms with Crippen LogP contribution in [-0.4, -0.2) is 12.1 Å². The van der Waals surface area contributed by atoms with Gasteiger partial charge in [0.05, 0.1) is 0 Å². The Bertz CT molecular complexity index is 48.0. The Hall–Kier alpha value is 0.500. The lowest BCUT2D eigenvalue weighted by Gasteiger charge is -2.28. The van der Waals surface area contributed by atoms with Crippen LogP contribution in [0.2, 0.25) is 0 Å². The van der Waals surface area contributed by atoms with E-state index in [1.807, 2.05) is 0 Å². The van der Waals surface area contributed by atoms with Crippen LogP contribution >= 0.6 is 24.8 Å². The van der Waals surface area contributed by atoms with Gasteiger partial charge >= 0.3 is 0 Å². The summed E-state index contributed by atoms with van der Waals surface area (Å²) in [5, 5.41) is 0. The second-order valence-corrected chi connectivity index (χ2v) is 1.99. The first-order valence-corrected chi connectivity index (χ1v) is 2.30. The molecule has 1 rings (SSSR count). The molecule has 52 valence electrons. The van der Waals surface area contributed by atoms with Gasteiger partial charge in [0.15, 0.2) is 0 Å². The number of hydrogen-bond acceptors (Lipinski definition) is 2. The zero-order valence-corrected chi connectivity index (χ0v) is 6.17. The fourth-order valence-electron chi connectivity index (χ4n) is 0.709. The summed E-state index contributed by atoms with van der Waals surface area (Å²) in [4.78, 5) is 0. The van der Waals surface area contributed by atoms with Gasteiger partial charge in [-0.15, -0.1) is 24.8 Å². The SMILES string of the molecule is Cl.Cl.NC1CC(N)C1. The summed E-state index contributed by atoms with van der Waals surface area (Å²) in [5.41, 5.74) is 10.8. The first-order valence-electron chi connectivity index (χ1n) is 2.30. The van der Waals surface area contributed by atoms with Crippen molar-refractivity contribution >= 4 is 24.8 Å². The maximum atomic E-state index is 5.39. The van der Waals surface area contributed by atoms with Crippen LogP contribution in [0.25, 0.3) is 0 Å². The van der Waals surface area contributed by atoms with Crippen LogP contribution in [0.3, 0.4) is 0 Å². The van der Waals surface area contributed by atoms with Crippen molar-refractivity contribution in [2.45, 2.75) is 24.9 Å². The average Bonchev–Trinajstić information content (AvgIpc) is 1.33. The monoisotopic (exact) mass is 158 g/mol. The van der Waals surface area contributed by atoms with Crippen LogP contribution in [0.1, 0.15) is 12.8 Å². The minimum atomic E-state index is 0. The summed E-state index contributed by atoms with van der Waals surface area (Å²) in [6, 6.07) is 0.833. The van der Waals surface area contributed by atoms with E-state index >= 15 is 0 Å². The van der Waals surface area contributed by atoms with Gasteiger partial charge in [-0.3, -0.25) is 0 Å². The Labute approximate surface area is 61.8 Å². The number of halogens is 2. The van der Waals surface area contributed by atoms with Crippen molar-refractivity contribution in [1.82, 2.24) is 0 Å². The molecule has 2 nitrogen and oxygen atoms in total. The third-order valence-corrected chi connectivity index (χ3v) is 1.21. The van der Waals surface area contributed by atoms with Gasteiger partial charge in [0.25, 0.3) is 0 Å². The minimum absolute atomic E-state index is 0. The lowest BCUT2D eigenvalue weighted by Crippen LogP contribution is -2.45. The van der Waals surface area contributed by atoms with E-state index in [1.165, 1.54) is 0 Å². The summed E-state index contributed by atoms with van der Waals surface area (Å²) >= 11 is 0. The van der Waals surface area contributed by atoms with Crippen molar-refractivity contribution in [3.63, 3.8) is 0 Å². The topological polar surface area (TPSA) is 52.0 Å². The van der Waals surface area contributed by atoms with Gasteiger partial charge < -0.3 is 11.5 Å². The van der Waals surface area contributed by atoms with Gasteiger partial charge in [-0.05, 0) is 12.8 Å². The largest absolute Gasteiger partial charge is 0.328 e. The van der Waals surface area contributed by atoms with Crippen LogP contribution in [0.15, 0.2) is 0 Å². The average molecular weight is 159 g/mol. The predicted molar refractivity (Wildman–Crippen MR) is 39.7 cm³/mol. The highest BCUT2D eigenvalue weighted by molar-refractivity contribution is 5.85. The maximum Gasteiger partial charge on any atom is 0.00683 e. The zero-order chi connectivity index (χ0) is 4.57.